The molecule has 7 nitrogen and oxygen atoms in total. The van der Waals surface area contributed by atoms with Crippen LogP contribution in [0.3, 0.4) is 0 Å². The Morgan fingerprint density at radius 2 is 1.93 bits per heavy atom. The zero-order chi connectivity index (χ0) is 18.6. The molecule has 0 unspecified atom stereocenters. The highest BCUT2D eigenvalue weighted by Crippen LogP contribution is 2.23. The van der Waals surface area contributed by atoms with E-state index in [-0.39, 0.29) is 24.5 Å². The molecule has 4 rings (SSSR count). The van der Waals surface area contributed by atoms with E-state index in [1.807, 2.05) is 24.3 Å². The zero-order valence-corrected chi connectivity index (χ0v) is 15.4. The van der Waals surface area contributed by atoms with Crippen molar-refractivity contribution in [2.45, 2.75) is 44.2 Å². The van der Waals surface area contributed by atoms with Gasteiger partial charge in [-0.2, -0.15) is 0 Å². The Balaban J connectivity index is 1.26. The summed E-state index contributed by atoms with van der Waals surface area (Å²) >= 11 is 5.77. The van der Waals surface area contributed by atoms with Crippen molar-refractivity contribution in [3.63, 3.8) is 0 Å². The molecule has 1 saturated carbocycles. The van der Waals surface area contributed by atoms with Crippen LogP contribution >= 0.6 is 11.6 Å². The lowest BCUT2D eigenvalue weighted by Crippen LogP contribution is -2.40. The molecule has 1 aromatic carbocycles. The van der Waals surface area contributed by atoms with Crippen LogP contribution in [0.15, 0.2) is 41.2 Å². The highest BCUT2D eigenvalue weighted by Gasteiger charge is 2.24. The van der Waals surface area contributed by atoms with Gasteiger partial charge in [0, 0.05) is 11.4 Å². The molecule has 1 amide bonds. The summed E-state index contributed by atoms with van der Waals surface area (Å²) in [4.78, 5) is 20.5. The molecule has 27 heavy (non-hydrogen) atoms. The average Bonchev–Trinajstić information content (AvgIpc) is 3.08. The summed E-state index contributed by atoms with van der Waals surface area (Å²) in [7, 11) is 0. The van der Waals surface area contributed by atoms with Crippen molar-refractivity contribution in [3.8, 4) is 6.01 Å². The Hall–Kier alpha value is -2.67. The molecule has 0 bridgehead atoms. The molecule has 0 radical (unpaired) electrons. The second-order valence-electron chi connectivity index (χ2n) is 6.65. The first-order valence-electron chi connectivity index (χ1n) is 8.94. The fraction of sp³-hybridized carbons (Fsp3) is 0.368. The summed E-state index contributed by atoms with van der Waals surface area (Å²) in [6.07, 6.45) is 6.68. The van der Waals surface area contributed by atoms with E-state index < -0.39 is 0 Å². The van der Waals surface area contributed by atoms with E-state index in [1.54, 1.807) is 0 Å². The van der Waals surface area contributed by atoms with Crippen molar-refractivity contribution in [3.05, 3.63) is 47.4 Å². The van der Waals surface area contributed by atoms with Gasteiger partial charge in [-0.25, -0.2) is 9.97 Å². The first kappa shape index (κ1) is 17.7. The van der Waals surface area contributed by atoms with Crippen LogP contribution in [0.2, 0.25) is 5.02 Å². The number of rotatable bonds is 5. The second-order valence-corrected chi connectivity index (χ2v) is 7.08. The summed E-state index contributed by atoms with van der Waals surface area (Å²) in [6, 6.07) is 8.02. The smallest absolute Gasteiger partial charge is 0.316 e. The van der Waals surface area contributed by atoms with Gasteiger partial charge in [0.2, 0.25) is 5.91 Å². The monoisotopic (exact) mass is 386 g/mol. The largest absolute Gasteiger partial charge is 0.460 e. The molecule has 1 N–H and O–H groups in total. The molecule has 0 spiro atoms. The second kappa shape index (κ2) is 7.92. The number of nitrogens with zero attached hydrogens (tertiary/aromatic N) is 3. The number of carbonyl (C=O) groups is 1. The van der Waals surface area contributed by atoms with Gasteiger partial charge < -0.3 is 14.6 Å². The molecule has 1 fully saturated rings. The van der Waals surface area contributed by atoms with E-state index in [2.05, 4.69) is 20.4 Å². The molecular formula is C19H19ClN4O3. The highest BCUT2D eigenvalue weighted by atomic mass is 35.5. The van der Waals surface area contributed by atoms with Gasteiger partial charge in [-0.05, 0) is 37.8 Å². The minimum atomic E-state index is -0.0422. The first-order chi connectivity index (χ1) is 13.2. The minimum absolute atomic E-state index is 0.0422. The molecule has 8 heteroatoms. The maximum Gasteiger partial charge on any atom is 0.316 e. The molecule has 0 aliphatic heterocycles. The van der Waals surface area contributed by atoms with Crippen molar-refractivity contribution in [2.75, 3.05) is 0 Å². The predicted molar refractivity (Wildman–Crippen MR) is 99.6 cm³/mol. The van der Waals surface area contributed by atoms with Gasteiger partial charge in [0.25, 0.3) is 0 Å². The third-order valence-electron chi connectivity index (χ3n) is 4.69. The minimum Gasteiger partial charge on any atom is -0.460 e. The number of para-hydroxylation sites is 1. The van der Waals surface area contributed by atoms with Crippen LogP contribution in [0.4, 0.5) is 0 Å². The molecule has 140 valence electrons. The van der Waals surface area contributed by atoms with E-state index in [4.69, 9.17) is 20.9 Å². The standard InChI is InChI=1S/C19H19ClN4O3/c20-12-10-21-19(22-11-12)26-14-7-5-13(6-8-14)23-18(25)9-16-15-3-1-2-4-17(15)27-24-16/h1-4,10-11,13-14H,5-9H2,(H,23,25). The number of aromatic nitrogens is 3. The Morgan fingerprint density at radius 1 is 1.19 bits per heavy atom. The first-order valence-corrected chi connectivity index (χ1v) is 9.32. The fourth-order valence-corrected chi connectivity index (χ4v) is 3.43. The van der Waals surface area contributed by atoms with Gasteiger partial charge in [-0.1, -0.05) is 28.9 Å². The molecule has 0 atom stereocenters. The average molecular weight is 387 g/mol. The van der Waals surface area contributed by atoms with E-state index in [9.17, 15) is 4.79 Å². The Kier molecular flexibility index (Phi) is 5.20. The molecule has 2 heterocycles. The number of benzene rings is 1. The van der Waals surface area contributed by atoms with Crippen LogP contribution in [0.5, 0.6) is 6.01 Å². The van der Waals surface area contributed by atoms with Gasteiger partial charge in [-0.15, -0.1) is 0 Å². The van der Waals surface area contributed by atoms with Crippen LogP contribution in [0.1, 0.15) is 31.4 Å². The normalized spacial score (nSPS) is 19.7. The molecule has 3 aromatic rings. The summed E-state index contributed by atoms with van der Waals surface area (Å²) in [5, 5.41) is 8.47. The Bertz CT molecular complexity index is 920. The third-order valence-corrected chi connectivity index (χ3v) is 4.88. The van der Waals surface area contributed by atoms with E-state index >= 15 is 0 Å². The number of halogens is 1. The van der Waals surface area contributed by atoms with Gasteiger partial charge in [0.1, 0.15) is 11.8 Å². The summed E-state index contributed by atoms with van der Waals surface area (Å²) in [6.45, 7) is 0. The van der Waals surface area contributed by atoms with E-state index in [1.165, 1.54) is 12.4 Å². The fourth-order valence-electron chi connectivity index (χ4n) is 3.33. The Morgan fingerprint density at radius 3 is 2.70 bits per heavy atom. The van der Waals surface area contributed by atoms with Crippen LogP contribution in [-0.4, -0.2) is 33.2 Å². The predicted octanol–water partition coefficient (Wildman–Crippen LogP) is 3.32. The lowest BCUT2D eigenvalue weighted by molar-refractivity contribution is -0.121. The van der Waals surface area contributed by atoms with Crippen molar-refractivity contribution >= 4 is 28.5 Å². The molecule has 0 saturated heterocycles. The van der Waals surface area contributed by atoms with Crippen LogP contribution < -0.4 is 10.1 Å². The maximum absolute atomic E-state index is 12.4. The number of hydrogen-bond donors (Lipinski definition) is 1. The summed E-state index contributed by atoms with van der Waals surface area (Å²) < 4.78 is 11.0. The van der Waals surface area contributed by atoms with Crippen LogP contribution in [-0.2, 0) is 11.2 Å². The number of amides is 1. The van der Waals surface area contributed by atoms with Crippen molar-refractivity contribution < 1.29 is 14.1 Å². The van der Waals surface area contributed by atoms with Gasteiger partial charge in [0.05, 0.1) is 23.8 Å². The van der Waals surface area contributed by atoms with Gasteiger partial charge in [-0.3, -0.25) is 4.79 Å². The van der Waals surface area contributed by atoms with E-state index in [0.29, 0.717) is 22.3 Å². The highest BCUT2D eigenvalue weighted by molar-refractivity contribution is 6.30. The number of nitrogens with one attached hydrogen (secondary N) is 1. The van der Waals surface area contributed by atoms with Crippen molar-refractivity contribution in [1.82, 2.24) is 20.4 Å². The Labute approximate surface area is 161 Å². The van der Waals surface area contributed by atoms with E-state index in [0.717, 1.165) is 31.1 Å². The number of hydrogen-bond acceptors (Lipinski definition) is 6. The van der Waals surface area contributed by atoms with Gasteiger partial charge >= 0.3 is 6.01 Å². The summed E-state index contributed by atoms with van der Waals surface area (Å²) in [5.41, 5.74) is 1.36. The molecule has 1 aliphatic carbocycles. The lowest BCUT2D eigenvalue weighted by atomic mass is 9.93. The van der Waals surface area contributed by atoms with Crippen molar-refractivity contribution in [2.24, 2.45) is 0 Å². The zero-order valence-electron chi connectivity index (χ0n) is 14.6. The molecule has 1 aliphatic rings. The maximum atomic E-state index is 12.4. The van der Waals surface area contributed by atoms with Crippen molar-refractivity contribution in [1.29, 1.82) is 0 Å². The quantitative estimate of drug-likeness (QED) is 0.723. The molecule has 2 aromatic heterocycles. The number of ether oxygens (including phenoxy) is 1. The lowest BCUT2D eigenvalue weighted by Gasteiger charge is -2.28. The number of carbonyl (C=O) groups excluding carboxylic acids is 1. The van der Waals surface area contributed by atoms with Crippen LogP contribution in [0.25, 0.3) is 11.0 Å². The number of fused-ring (bicyclic) bond motifs is 1. The third kappa shape index (κ3) is 4.36. The SMILES string of the molecule is O=C(Cc1noc2ccccc12)NC1CCC(Oc2ncc(Cl)cn2)CC1. The summed E-state index contributed by atoms with van der Waals surface area (Å²) in [5.74, 6) is -0.0422. The molecular weight excluding hydrogens is 368 g/mol. The van der Waals surface area contributed by atoms with Crippen LogP contribution in [0, 0.1) is 0 Å². The topological polar surface area (TPSA) is 90.1 Å². The van der Waals surface area contributed by atoms with Gasteiger partial charge in [0.15, 0.2) is 5.58 Å².